The summed E-state index contributed by atoms with van der Waals surface area (Å²) in [6.07, 6.45) is 1.43. The molecule has 0 spiro atoms. The Kier molecular flexibility index (Phi) is 5.49. The van der Waals surface area contributed by atoms with Gasteiger partial charge in [-0.1, -0.05) is 12.1 Å². The molecule has 0 radical (unpaired) electrons. The summed E-state index contributed by atoms with van der Waals surface area (Å²) in [5.41, 5.74) is 1.38. The third-order valence-electron chi connectivity index (χ3n) is 3.73. The van der Waals surface area contributed by atoms with Gasteiger partial charge in [-0.25, -0.2) is 0 Å². The van der Waals surface area contributed by atoms with Crippen LogP contribution in [0, 0.1) is 0 Å². The average molecular weight is 365 g/mol. The standard InChI is InChI=1S/C16H19N3O5S/c20-16(15-2-1-9-24-15)18-14-5-3-13(4-6-14)12-17-25(21,22)19-7-10-23-11-8-19/h1-6,9,17H,7-8,10-12H2,(H,18,20). The van der Waals surface area contributed by atoms with Crippen molar-refractivity contribution in [3.63, 3.8) is 0 Å². The molecule has 2 heterocycles. The van der Waals surface area contributed by atoms with Gasteiger partial charge >= 0.3 is 0 Å². The van der Waals surface area contributed by atoms with Crippen molar-refractivity contribution in [1.29, 1.82) is 0 Å². The molecule has 8 nitrogen and oxygen atoms in total. The van der Waals surface area contributed by atoms with Crippen LogP contribution in [0.25, 0.3) is 0 Å². The molecule has 0 saturated carbocycles. The lowest BCUT2D eigenvalue weighted by atomic mass is 10.2. The number of carbonyl (C=O) groups excluding carboxylic acids is 1. The molecule has 2 aromatic rings. The zero-order valence-electron chi connectivity index (χ0n) is 13.5. The van der Waals surface area contributed by atoms with E-state index in [1.165, 1.54) is 10.6 Å². The van der Waals surface area contributed by atoms with E-state index in [1.54, 1.807) is 36.4 Å². The number of furan rings is 1. The lowest BCUT2D eigenvalue weighted by molar-refractivity contribution is 0.0725. The van der Waals surface area contributed by atoms with E-state index in [2.05, 4.69) is 10.0 Å². The Bertz CT molecular complexity index is 797. The van der Waals surface area contributed by atoms with Gasteiger partial charge in [0.2, 0.25) is 0 Å². The smallest absolute Gasteiger partial charge is 0.291 e. The zero-order valence-corrected chi connectivity index (χ0v) is 14.3. The van der Waals surface area contributed by atoms with Crippen LogP contribution in [0.4, 0.5) is 5.69 Å². The number of hydrogen-bond donors (Lipinski definition) is 2. The van der Waals surface area contributed by atoms with Crippen molar-refractivity contribution in [1.82, 2.24) is 9.03 Å². The summed E-state index contributed by atoms with van der Waals surface area (Å²) in [5.74, 6) is -0.117. The molecule has 1 fully saturated rings. The molecule has 1 aliphatic heterocycles. The molecule has 0 aliphatic carbocycles. The van der Waals surface area contributed by atoms with E-state index in [-0.39, 0.29) is 18.2 Å². The van der Waals surface area contributed by atoms with Gasteiger partial charge in [0.1, 0.15) is 0 Å². The van der Waals surface area contributed by atoms with Crippen LogP contribution in [-0.2, 0) is 21.5 Å². The van der Waals surface area contributed by atoms with Crippen LogP contribution >= 0.6 is 0 Å². The molecule has 1 aliphatic rings. The second-order valence-corrected chi connectivity index (χ2v) is 7.22. The molecule has 1 saturated heterocycles. The molecule has 134 valence electrons. The van der Waals surface area contributed by atoms with Crippen LogP contribution in [0.2, 0.25) is 0 Å². The van der Waals surface area contributed by atoms with Gasteiger partial charge in [-0.05, 0) is 29.8 Å². The minimum absolute atomic E-state index is 0.173. The van der Waals surface area contributed by atoms with Gasteiger partial charge in [0.05, 0.1) is 19.5 Å². The molecule has 3 rings (SSSR count). The van der Waals surface area contributed by atoms with Crippen molar-refractivity contribution < 1.29 is 22.4 Å². The van der Waals surface area contributed by atoms with Gasteiger partial charge in [0, 0.05) is 25.3 Å². The molecule has 25 heavy (non-hydrogen) atoms. The van der Waals surface area contributed by atoms with E-state index in [0.717, 1.165) is 5.56 Å². The molecule has 9 heteroatoms. The maximum Gasteiger partial charge on any atom is 0.291 e. The van der Waals surface area contributed by atoms with Crippen molar-refractivity contribution in [3.05, 3.63) is 54.0 Å². The minimum Gasteiger partial charge on any atom is -0.459 e. The number of nitrogens with one attached hydrogen (secondary N) is 2. The fourth-order valence-electron chi connectivity index (χ4n) is 2.36. The molecular formula is C16H19N3O5S. The summed E-state index contributed by atoms with van der Waals surface area (Å²) >= 11 is 0. The number of hydrogen-bond acceptors (Lipinski definition) is 5. The highest BCUT2D eigenvalue weighted by Gasteiger charge is 2.23. The second kappa shape index (κ2) is 7.79. The van der Waals surface area contributed by atoms with E-state index in [9.17, 15) is 13.2 Å². The molecule has 0 bridgehead atoms. The molecule has 1 amide bonds. The van der Waals surface area contributed by atoms with Gasteiger partial charge in [-0.15, -0.1) is 0 Å². The zero-order chi connectivity index (χ0) is 17.7. The summed E-state index contributed by atoms with van der Waals surface area (Å²) in [6, 6.07) is 10.1. The fourth-order valence-corrected chi connectivity index (χ4v) is 3.52. The Morgan fingerprint density at radius 2 is 1.84 bits per heavy atom. The maximum atomic E-state index is 12.2. The number of nitrogens with zero attached hydrogens (tertiary/aromatic N) is 1. The molecule has 0 unspecified atom stereocenters. The molecule has 1 aromatic heterocycles. The van der Waals surface area contributed by atoms with Crippen LogP contribution < -0.4 is 10.0 Å². The number of morpholine rings is 1. The van der Waals surface area contributed by atoms with Crippen LogP contribution in [0.1, 0.15) is 16.1 Å². The summed E-state index contributed by atoms with van der Waals surface area (Å²) < 4.78 is 38.5. The molecule has 2 N–H and O–H groups in total. The highest BCUT2D eigenvalue weighted by molar-refractivity contribution is 7.87. The first-order valence-corrected chi connectivity index (χ1v) is 9.25. The monoisotopic (exact) mass is 365 g/mol. The molecule has 1 aromatic carbocycles. The van der Waals surface area contributed by atoms with Crippen molar-refractivity contribution in [3.8, 4) is 0 Å². The SMILES string of the molecule is O=C(Nc1ccc(CNS(=O)(=O)N2CCOCC2)cc1)c1ccco1. The van der Waals surface area contributed by atoms with Crippen LogP contribution in [0.15, 0.2) is 47.1 Å². The van der Waals surface area contributed by atoms with Crippen molar-refractivity contribution in [2.75, 3.05) is 31.6 Å². The largest absolute Gasteiger partial charge is 0.459 e. The Morgan fingerprint density at radius 1 is 1.12 bits per heavy atom. The quantitative estimate of drug-likeness (QED) is 0.801. The third-order valence-corrected chi connectivity index (χ3v) is 5.28. The lowest BCUT2D eigenvalue weighted by Gasteiger charge is -2.26. The molecular weight excluding hydrogens is 346 g/mol. The number of anilines is 1. The first-order valence-electron chi connectivity index (χ1n) is 7.81. The van der Waals surface area contributed by atoms with Gasteiger partial charge in [0.15, 0.2) is 5.76 Å². The Morgan fingerprint density at radius 3 is 2.48 bits per heavy atom. The van der Waals surface area contributed by atoms with Crippen LogP contribution in [-0.4, -0.2) is 44.9 Å². The van der Waals surface area contributed by atoms with Crippen LogP contribution in [0.3, 0.4) is 0 Å². The number of rotatable bonds is 6. The lowest BCUT2D eigenvalue weighted by Crippen LogP contribution is -2.46. The van der Waals surface area contributed by atoms with Crippen molar-refractivity contribution in [2.45, 2.75) is 6.54 Å². The summed E-state index contributed by atoms with van der Waals surface area (Å²) in [4.78, 5) is 11.9. The first kappa shape index (κ1) is 17.6. The number of ether oxygens (including phenoxy) is 1. The van der Waals surface area contributed by atoms with Crippen molar-refractivity contribution in [2.24, 2.45) is 0 Å². The van der Waals surface area contributed by atoms with Crippen molar-refractivity contribution >= 4 is 21.8 Å². The normalized spacial score (nSPS) is 15.8. The fraction of sp³-hybridized carbons (Fsp3) is 0.312. The summed E-state index contributed by atoms with van der Waals surface area (Å²) in [6.45, 7) is 1.70. The van der Waals surface area contributed by atoms with E-state index in [1.807, 2.05) is 0 Å². The van der Waals surface area contributed by atoms with E-state index < -0.39 is 10.2 Å². The predicted octanol–water partition coefficient (Wildman–Crippen LogP) is 1.20. The van der Waals surface area contributed by atoms with Gasteiger partial charge in [-0.3, -0.25) is 4.79 Å². The van der Waals surface area contributed by atoms with Gasteiger partial charge in [-0.2, -0.15) is 17.4 Å². The number of carbonyl (C=O) groups is 1. The highest BCUT2D eigenvalue weighted by Crippen LogP contribution is 2.12. The third kappa shape index (κ3) is 4.67. The van der Waals surface area contributed by atoms with E-state index in [0.29, 0.717) is 32.0 Å². The average Bonchev–Trinajstić information content (AvgIpc) is 3.17. The number of benzene rings is 1. The second-order valence-electron chi connectivity index (χ2n) is 5.47. The Labute approximate surface area is 145 Å². The highest BCUT2D eigenvalue weighted by atomic mass is 32.2. The minimum atomic E-state index is -3.52. The molecule has 0 atom stereocenters. The summed E-state index contributed by atoms with van der Waals surface area (Å²) in [5, 5.41) is 2.70. The Hall–Kier alpha value is -2.20. The summed E-state index contributed by atoms with van der Waals surface area (Å²) in [7, 11) is -3.52. The van der Waals surface area contributed by atoms with E-state index >= 15 is 0 Å². The van der Waals surface area contributed by atoms with Crippen LogP contribution in [0.5, 0.6) is 0 Å². The number of amides is 1. The topological polar surface area (TPSA) is 101 Å². The first-order chi connectivity index (χ1) is 12.0. The Balaban J connectivity index is 1.54. The predicted molar refractivity (Wildman–Crippen MR) is 91.3 cm³/mol. The van der Waals surface area contributed by atoms with Gasteiger partial charge < -0.3 is 14.5 Å². The van der Waals surface area contributed by atoms with Gasteiger partial charge in [0.25, 0.3) is 16.1 Å². The van der Waals surface area contributed by atoms with E-state index in [4.69, 9.17) is 9.15 Å². The maximum absolute atomic E-state index is 12.2.